The normalized spacial score (nSPS) is 57.0. The van der Waals surface area contributed by atoms with E-state index in [1.807, 2.05) is 6.08 Å². The van der Waals surface area contributed by atoms with Crippen LogP contribution in [0.4, 0.5) is 0 Å². The number of rotatable bonds is 0. The fourth-order valence-corrected chi connectivity index (χ4v) is 8.92. The summed E-state index contributed by atoms with van der Waals surface area (Å²) in [4.78, 5) is 24.1. The van der Waals surface area contributed by atoms with Crippen LogP contribution in [0.25, 0.3) is 0 Å². The summed E-state index contributed by atoms with van der Waals surface area (Å²) < 4.78 is 6.17. The average molecular weight is 354 g/mol. The van der Waals surface area contributed by atoms with Crippen molar-refractivity contribution in [2.75, 3.05) is 0 Å². The predicted octanol–water partition coefficient (Wildman–Crippen LogP) is 4.45. The van der Waals surface area contributed by atoms with E-state index in [0.717, 1.165) is 49.4 Å². The predicted molar refractivity (Wildman–Crippen MR) is 97.1 cm³/mol. The fraction of sp³-hybridized carbons (Fsp3) is 0.826. The Kier molecular flexibility index (Phi) is 2.84. The molecule has 0 radical (unpaired) electrons. The monoisotopic (exact) mass is 354 g/mol. The van der Waals surface area contributed by atoms with Gasteiger partial charge in [0.1, 0.15) is 5.60 Å². The molecule has 6 aliphatic rings. The number of ether oxygens (including phenoxy) is 1. The molecule has 1 saturated heterocycles. The number of hydrogen-bond acceptors (Lipinski definition) is 3. The summed E-state index contributed by atoms with van der Waals surface area (Å²) in [6, 6.07) is 0. The molecule has 5 aliphatic carbocycles. The van der Waals surface area contributed by atoms with Gasteiger partial charge in [0.25, 0.3) is 0 Å². The van der Waals surface area contributed by atoms with Crippen molar-refractivity contribution in [2.24, 2.45) is 40.4 Å². The van der Waals surface area contributed by atoms with Gasteiger partial charge in [-0.25, -0.2) is 0 Å². The van der Waals surface area contributed by atoms with Crippen LogP contribution < -0.4 is 0 Å². The minimum Gasteiger partial charge on any atom is -0.458 e. The molecule has 4 saturated carbocycles. The molecular weight excluding hydrogens is 324 g/mol. The Hall–Kier alpha value is -1.12. The zero-order valence-corrected chi connectivity index (χ0v) is 16.1. The minimum absolute atomic E-state index is 0.0475. The van der Waals surface area contributed by atoms with Crippen LogP contribution in [0.2, 0.25) is 0 Å². The molecule has 5 fully saturated rings. The molecule has 0 bridgehead atoms. The van der Waals surface area contributed by atoms with E-state index < -0.39 is 0 Å². The maximum absolute atomic E-state index is 12.1. The van der Waals surface area contributed by atoms with Crippen molar-refractivity contribution in [1.82, 2.24) is 0 Å². The highest BCUT2D eigenvalue weighted by Gasteiger charge is 2.78. The zero-order valence-electron chi connectivity index (χ0n) is 16.1. The van der Waals surface area contributed by atoms with Gasteiger partial charge in [0.2, 0.25) is 0 Å². The quantitative estimate of drug-likeness (QED) is 0.604. The lowest BCUT2D eigenvalue weighted by Gasteiger charge is -2.60. The van der Waals surface area contributed by atoms with E-state index in [4.69, 9.17) is 4.74 Å². The van der Waals surface area contributed by atoms with Crippen molar-refractivity contribution >= 4 is 11.8 Å². The third kappa shape index (κ3) is 1.63. The highest BCUT2D eigenvalue weighted by molar-refractivity contribution is 5.91. The molecule has 0 aromatic heterocycles. The smallest absolute Gasteiger partial charge is 0.306 e. The molecule has 6 unspecified atom stereocenters. The first-order valence-electron chi connectivity index (χ1n) is 10.8. The Labute approximate surface area is 155 Å². The lowest BCUT2D eigenvalue weighted by molar-refractivity contribution is -0.176. The first kappa shape index (κ1) is 15.9. The van der Waals surface area contributed by atoms with Crippen LogP contribution in [-0.4, -0.2) is 17.4 Å². The summed E-state index contributed by atoms with van der Waals surface area (Å²) >= 11 is 0. The summed E-state index contributed by atoms with van der Waals surface area (Å²) in [5.74, 6) is 4.04. The summed E-state index contributed by atoms with van der Waals surface area (Å²) in [6.45, 7) is 4.92. The van der Waals surface area contributed by atoms with E-state index in [2.05, 4.69) is 13.8 Å². The van der Waals surface area contributed by atoms with Gasteiger partial charge in [-0.15, -0.1) is 0 Å². The van der Waals surface area contributed by atoms with E-state index in [1.54, 1.807) is 0 Å². The van der Waals surface area contributed by atoms with Gasteiger partial charge in [0, 0.05) is 24.2 Å². The number of esters is 1. The number of carbonyl (C=O) groups excluding carboxylic acids is 2. The van der Waals surface area contributed by atoms with E-state index in [9.17, 15) is 9.59 Å². The van der Waals surface area contributed by atoms with Gasteiger partial charge < -0.3 is 4.74 Å². The van der Waals surface area contributed by atoms with E-state index in [0.29, 0.717) is 18.1 Å². The molecule has 1 aliphatic heterocycles. The molecule has 140 valence electrons. The Morgan fingerprint density at radius 1 is 0.962 bits per heavy atom. The van der Waals surface area contributed by atoms with Gasteiger partial charge in [-0.05, 0) is 80.1 Å². The van der Waals surface area contributed by atoms with Gasteiger partial charge in [-0.1, -0.05) is 19.4 Å². The van der Waals surface area contributed by atoms with E-state index in [1.165, 1.54) is 31.3 Å². The van der Waals surface area contributed by atoms with Crippen LogP contribution in [0.3, 0.4) is 0 Å². The van der Waals surface area contributed by atoms with Crippen LogP contribution in [-0.2, 0) is 14.3 Å². The Bertz CT molecular complexity index is 753. The van der Waals surface area contributed by atoms with Crippen molar-refractivity contribution in [3.8, 4) is 0 Å². The van der Waals surface area contributed by atoms with Gasteiger partial charge in [-0.3, -0.25) is 9.59 Å². The second kappa shape index (κ2) is 4.64. The summed E-state index contributed by atoms with van der Waals surface area (Å²) in [7, 11) is 0. The molecule has 8 atom stereocenters. The molecular formula is C23H30O3. The molecule has 1 spiro atoms. The lowest BCUT2D eigenvalue weighted by atomic mass is 9.45. The Morgan fingerprint density at radius 3 is 2.58 bits per heavy atom. The first-order chi connectivity index (χ1) is 12.4. The first-order valence-corrected chi connectivity index (χ1v) is 10.8. The summed E-state index contributed by atoms with van der Waals surface area (Å²) in [6.07, 6.45) is 11.5. The SMILES string of the molecule is CC12CCC(=O)C=C1CCC1C2CC[C@@]2(C)C1C1CC1[C@@]21CCC(=O)O1. The van der Waals surface area contributed by atoms with Crippen LogP contribution in [0, 0.1) is 40.4 Å². The van der Waals surface area contributed by atoms with Crippen LogP contribution in [0.1, 0.15) is 71.6 Å². The maximum Gasteiger partial charge on any atom is 0.306 e. The second-order valence-electron chi connectivity index (χ2n) is 10.7. The highest BCUT2D eigenvalue weighted by atomic mass is 16.6. The molecule has 0 N–H and O–H groups in total. The van der Waals surface area contributed by atoms with Gasteiger partial charge in [0.15, 0.2) is 5.78 Å². The number of ketones is 1. The van der Waals surface area contributed by atoms with Crippen molar-refractivity contribution in [3.05, 3.63) is 11.6 Å². The van der Waals surface area contributed by atoms with Crippen LogP contribution >= 0.6 is 0 Å². The molecule has 0 aromatic carbocycles. The largest absolute Gasteiger partial charge is 0.458 e. The van der Waals surface area contributed by atoms with Crippen LogP contribution in [0.5, 0.6) is 0 Å². The zero-order chi connectivity index (χ0) is 17.9. The highest BCUT2D eigenvalue weighted by Crippen LogP contribution is 2.79. The number of allylic oxidation sites excluding steroid dienone is 1. The fourth-order valence-electron chi connectivity index (χ4n) is 8.92. The maximum atomic E-state index is 12.1. The van der Waals surface area contributed by atoms with Crippen molar-refractivity contribution < 1.29 is 14.3 Å². The van der Waals surface area contributed by atoms with Crippen molar-refractivity contribution in [1.29, 1.82) is 0 Å². The summed E-state index contributed by atoms with van der Waals surface area (Å²) in [5.41, 5.74) is 1.75. The van der Waals surface area contributed by atoms with E-state index in [-0.39, 0.29) is 22.4 Å². The third-order valence-electron chi connectivity index (χ3n) is 10.1. The lowest BCUT2D eigenvalue weighted by Crippen LogP contribution is -2.56. The van der Waals surface area contributed by atoms with E-state index >= 15 is 0 Å². The topological polar surface area (TPSA) is 43.4 Å². The minimum atomic E-state index is -0.135. The standard InChI is InChI=1S/C23H30O3/c1-21-8-5-14(24)11-13(21)3-4-15-17(21)6-9-22(2)20(15)16-12-18(16)23(22)10-7-19(25)26-23/h11,15-18,20H,3-10,12H2,1-2H3/t15?,16?,17?,18?,20?,21?,22-,23-/m0/s1. The molecule has 3 nitrogen and oxygen atoms in total. The van der Waals surface area contributed by atoms with Gasteiger partial charge in [-0.2, -0.15) is 0 Å². The number of carbonyl (C=O) groups is 2. The van der Waals surface area contributed by atoms with Crippen LogP contribution in [0.15, 0.2) is 11.6 Å². The molecule has 0 aromatic rings. The number of hydrogen-bond donors (Lipinski definition) is 0. The molecule has 3 heteroatoms. The average Bonchev–Trinajstić information content (AvgIpc) is 3.24. The third-order valence-corrected chi connectivity index (χ3v) is 10.1. The molecule has 0 amide bonds. The summed E-state index contributed by atoms with van der Waals surface area (Å²) in [5, 5.41) is 0. The second-order valence-corrected chi connectivity index (χ2v) is 10.7. The van der Waals surface area contributed by atoms with Crippen molar-refractivity contribution in [2.45, 2.75) is 77.2 Å². The van der Waals surface area contributed by atoms with Crippen molar-refractivity contribution in [3.63, 3.8) is 0 Å². The van der Waals surface area contributed by atoms with Gasteiger partial charge in [0.05, 0.1) is 0 Å². The Balaban J connectivity index is 1.40. The molecule has 6 rings (SSSR count). The van der Waals surface area contributed by atoms with Gasteiger partial charge >= 0.3 is 5.97 Å². The number of fused-ring (bicyclic) bond motifs is 9. The Morgan fingerprint density at radius 2 is 1.81 bits per heavy atom. The molecule has 26 heavy (non-hydrogen) atoms. The molecule has 1 heterocycles.